The fourth-order valence-corrected chi connectivity index (χ4v) is 8.70. The van der Waals surface area contributed by atoms with Crippen LogP contribution >= 0.6 is 0 Å². The molecule has 0 radical (unpaired) electrons. The Bertz CT molecular complexity index is 1400. The predicted molar refractivity (Wildman–Crippen MR) is 316 cm³/mol. The number of allylic oxidation sites excluding steroid dienone is 14. The molecule has 6 nitrogen and oxygen atoms in total. The minimum Gasteiger partial charge on any atom is -0.462 e. The molecule has 1 atom stereocenters. The van der Waals surface area contributed by atoms with Crippen LogP contribution in [0.25, 0.3) is 0 Å². The Balaban J connectivity index is 4.18. The number of hydrogen-bond acceptors (Lipinski definition) is 6. The summed E-state index contributed by atoms with van der Waals surface area (Å²) in [5.74, 6) is -0.897. The minimum atomic E-state index is -0.786. The van der Waals surface area contributed by atoms with Crippen LogP contribution in [0.2, 0.25) is 0 Å². The Morgan fingerprint density at radius 2 is 0.562 bits per heavy atom. The van der Waals surface area contributed by atoms with Crippen LogP contribution in [0.1, 0.15) is 303 Å². The first kappa shape index (κ1) is 69.6. The molecule has 0 aliphatic heterocycles. The van der Waals surface area contributed by atoms with Crippen LogP contribution in [0.3, 0.4) is 0 Å². The maximum atomic E-state index is 12.8. The zero-order chi connectivity index (χ0) is 52.9. The van der Waals surface area contributed by atoms with E-state index in [1.807, 2.05) is 0 Å². The molecule has 0 fully saturated rings. The summed E-state index contributed by atoms with van der Waals surface area (Å²) < 4.78 is 16.9. The van der Waals surface area contributed by atoms with Crippen molar-refractivity contribution in [3.05, 3.63) is 85.1 Å². The Labute approximate surface area is 452 Å². The van der Waals surface area contributed by atoms with E-state index in [1.165, 1.54) is 141 Å². The number of hydrogen-bond donors (Lipinski definition) is 0. The van der Waals surface area contributed by atoms with E-state index in [9.17, 15) is 14.4 Å². The molecule has 0 aliphatic carbocycles. The van der Waals surface area contributed by atoms with E-state index < -0.39 is 6.10 Å². The third-order valence-electron chi connectivity index (χ3n) is 13.3. The molecular weight excluding hydrogens is 901 g/mol. The quantitative estimate of drug-likeness (QED) is 0.0261. The first-order chi connectivity index (χ1) is 36.0. The number of esters is 3. The van der Waals surface area contributed by atoms with Crippen molar-refractivity contribution in [2.24, 2.45) is 0 Å². The van der Waals surface area contributed by atoms with Crippen molar-refractivity contribution in [2.45, 2.75) is 309 Å². The number of ether oxygens (including phenoxy) is 3. The third-order valence-corrected chi connectivity index (χ3v) is 13.3. The maximum absolute atomic E-state index is 12.8. The molecule has 420 valence electrons. The molecule has 0 aromatic carbocycles. The first-order valence-electron chi connectivity index (χ1n) is 31.1. The van der Waals surface area contributed by atoms with Crippen molar-refractivity contribution in [3.63, 3.8) is 0 Å². The largest absolute Gasteiger partial charge is 0.462 e. The summed E-state index contributed by atoms with van der Waals surface area (Å²) in [6, 6.07) is 0. The lowest BCUT2D eigenvalue weighted by atomic mass is 10.0. The summed E-state index contributed by atoms with van der Waals surface area (Å²) in [5, 5.41) is 0. The highest BCUT2D eigenvalue weighted by molar-refractivity contribution is 5.71. The van der Waals surface area contributed by atoms with Gasteiger partial charge in [0.15, 0.2) is 6.10 Å². The highest BCUT2D eigenvalue weighted by atomic mass is 16.6. The van der Waals surface area contributed by atoms with Crippen LogP contribution in [-0.2, 0) is 28.6 Å². The summed E-state index contributed by atoms with van der Waals surface area (Å²) in [6.45, 7) is 6.45. The minimum absolute atomic E-state index is 0.0826. The molecule has 0 saturated carbocycles. The van der Waals surface area contributed by atoms with Gasteiger partial charge in [-0.15, -0.1) is 0 Å². The van der Waals surface area contributed by atoms with Crippen LogP contribution in [0.4, 0.5) is 0 Å². The molecule has 0 heterocycles. The van der Waals surface area contributed by atoms with E-state index in [1.54, 1.807) is 0 Å². The third kappa shape index (κ3) is 59.3. The molecular formula is C67H116O6. The lowest BCUT2D eigenvalue weighted by Gasteiger charge is -2.18. The van der Waals surface area contributed by atoms with Gasteiger partial charge in [-0.05, 0) is 109 Å². The lowest BCUT2D eigenvalue weighted by molar-refractivity contribution is -0.167. The van der Waals surface area contributed by atoms with E-state index in [-0.39, 0.29) is 31.1 Å². The van der Waals surface area contributed by atoms with Gasteiger partial charge in [-0.1, -0.05) is 260 Å². The molecule has 0 N–H and O–H groups in total. The van der Waals surface area contributed by atoms with Gasteiger partial charge in [0.25, 0.3) is 0 Å². The Hall–Kier alpha value is -3.41. The summed E-state index contributed by atoms with van der Waals surface area (Å²) >= 11 is 0. The van der Waals surface area contributed by atoms with Crippen LogP contribution < -0.4 is 0 Å². The second-order valence-corrected chi connectivity index (χ2v) is 20.6. The molecule has 0 amide bonds. The van der Waals surface area contributed by atoms with Crippen LogP contribution in [-0.4, -0.2) is 37.2 Å². The number of carbonyl (C=O) groups excluding carboxylic acids is 3. The van der Waals surface area contributed by atoms with Gasteiger partial charge in [0, 0.05) is 19.3 Å². The van der Waals surface area contributed by atoms with Crippen LogP contribution in [0.15, 0.2) is 85.1 Å². The van der Waals surface area contributed by atoms with E-state index in [2.05, 4.69) is 106 Å². The maximum Gasteiger partial charge on any atom is 0.306 e. The van der Waals surface area contributed by atoms with Crippen molar-refractivity contribution >= 4 is 17.9 Å². The molecule has 0 spiro atoms. The van der Waals surface area contributed by atoms with Gasteiger partial charge in [0.1, 0.15) is 13.2 Å². The monoisotopic (exact) mass is 1020 g/mol. The van der Waals surface area contributed by atoms with Crippen molar-refractivity contribution in [1.82, 2.24) is 0 Å². The second-order valence-electron chi connectivity index (χ2n) is 20.6. The van der Waals surface area contributed by atoms with Crippen molar-refractivity contribution < 1.29 is 28.6 Å². The van der Waals surface area contributed by atoms with Crippen molar-refractivity contribution in [3.8, 4) is 0 Å². The first-order valence-corrected chi connectivity index (χ1v) is 31.1. The Kier molecular flexibility index (Phi) is 58.3. The highest BCUT2D eigenvalue weighted by Crippen LogP contribution is 2.16. The van der Waals surface area contributed by atoms with Crippen molar-refractivity contribution in [1.29, 1.82) is 0 Å². The smallest absolute Gasteiger partial charge is 0.306 e. The molecule has 0 aliphatic rings. The van der Waals surface area contributed by atoms with E-state index in [0.29, 0.717) is 19.3 Å². The average molecular weight is 1020 g/mol. The molecule has 0 bridgehead atoms. The summed E-state index contributed by atoms with van der Waals surface area (Å²) in [6.07, 6.45) is 80.2. The van der Waals surface area contributed by atoms with Gasteiger partial charge in [0.05, 0.1) is 0 Å². The molecule has 0 aromatic heterocycles. The topological polar surface area (TPSA) is 78.9 Å². The molecule has 0 rings (SSSR count). The summed E-state index contributed by atoms with van der Waals surface area (Å²) in [7, 11) is 0. The fraction of sp³-hybridized carbons (Fsp3) is 0.746. The highest BCUT2D eigenvalue weighted by Gasteiger charge is 2.19. The van der Waals surface area contributed by atoms with Gasteiger partial charge in [0.2, 0.25) is 0 Å². The van der Waals surface area contributed by atoms with E-state index in [4.69, 9.17) is 14.2 Å². The lowest BCUT2D eigenvalue weighted by Crippen LogP contribution is -2.30. The fourth-order valence-electron chi connectivity index (χ4n) is 8.70. The SMILES string of the molecule is CC/C=C\C/C=C\C/C=C\C/C=C\CCCCCCCCCCCCCCCCCCC(=O)OCC(COC(=O)CCCCCCC/C=C\CCCCCC)OC(=O)CCCCCCC/C=C\C/C=C\CCC. The Morgan fingerprint density at radius 1 is 0.288 bits per heavy atom. The van der Waals surface area contributed by atoms with E-state index >= 15 is 0 Å². The average Bonchev–Trinajstić information content (AvgIpc) is 3.39. The molecule has 73 heavy (non-hydrogen) atoms. The van der Waals surface area contributed by atoms with Gasteiger partial charge >= 0.3 is 17.9 Å². The standard InChI is InChI=1S/C67H116O6/c1-4-7-10-13-16-19-22-25-26-27-28-29-30-31-32-33-34-35-36-37-38-39-40-43-45-48-51-54-57-60-66(69)72-63-64(73-67(70)61-58-55-52-49-46-42-24-21-18-15-12-9-6-3)62-71-65(68)59-56-53-50-47-44-41-23-20-17-14-11-8-5-2/h7,10,12,15-16,19-21,23-26,28-29,64H,4-6,8-9,11,13-14,17-18,22,27,30-63H2,1-3H3/b10-7-,15-12-,19-16-,23-20-,24-21-,26-25-,29-28-. The summed E-state index contributed by atoms with van der Waals surface area (Å²) in [5.41, 5.74) is 0. The normalized spacial score (nSPS) is 12.6. The zero-order valence-electron chi connectivity index (χ0n) is 48.1. The molecule has 0 aromatic rings. The zero-order valence-corrected chi connectivity index (χ0v) is 48.1. The molecule has 0 saturated heterocycles. The van der Waals surface area contributed by atoms with Crippen LogP contribution in [0, 0.1) is 0 Å². The van der Waals surface area contributed by atoms with Crippen LogP contribution in [0.5, 0.6) is 0 Å². The Morgan fingerprint density at radius 3 is 0.904 bits per heavy atom. The summed E-state index contributed by atoms with van der Waals surface area (Å²) in [4.78, 5) is 38.2. The molecule has 6 heteroatoms. The number of rotatable bonds is 56. The second kappa shape index (κ2) is 61.1. The predicted octanol–water partition coefficient (Wildman–Crippen LogP) is 21.1. The number of unbranched alkanes of at least 4 members (excludes halogenated alkanes) is 31. The number of carbonyl (C=O) groups is 3. The van der Waals surface area contributed by atoms with Gasteiger partial charge < -0.3 is 14.2 Å². The van der Waals surface area contributed by atoms with Gasteiger partial charge in [-0.25, -0.2) is 0 Å². The van der Waals surface area contributed by atoms with Gasteiger partial charge in [-0.2, -0.15) is 0 Å². The van der Waals surface area contributed by atoms with E-state index in [0.717, 1.165) is 122 Å². The molecule has 1 unspecified atom stereocenters. The van der Waals surface area contributed by atoms with Gasteiger partial charge in [-0.3, -0.25) is 14.4 Å². The van der Waals surface area contributed by atoms with Crippen molar-refractivity contribution in [2.75, 3.05) is 13.2 Å².